The van der Waals surface area contributed by atoms with Crippen molar-refractivity contribution >= 4 is 40.9 Å². The molecule has 1 fully saturated rings. The van der Waals surface area contributed by atoms with E-state index in [1.165, 1.54) is 12.5 Å². The van der Waals surface area contributed by atoms with Crippen molar-refractivity contribution in [3.8, 4) is 0 Å². The van der Waals surface area contributed by atoms with Gasteiger partial charge in [-0.05, 0) is 61.2 Å². The van der Waals surface area contributed by atoms with Gasteiger partial charge in [0.05, 0.1) is 11.4 Å². The van der Waals surface area contributed by atoms with Crippen molar-refractivity contribution < 1.29 is 9.59 Å². The van der Waals surface area contributed by atoms with Crippen molar-refractivity contribution in [2.24, 2.45) is 0 Å². The van der Waals surface area contributed by atoms with Crippen LogP contribution in [-0.2, 0) is 4.79 Å². The van der Waals surface area contributed by atoms with Crippen LogP contribution in [0, 0.1) is 0 Å². The second-order valence-electron chi connectivity index (χ2n) is 6.73. The van der Waals surface area contributed by atoms with E-state index in [1.54, 1.807) is 43.5 Å². The Balaban J connectivity index is 1.69. The third-order valence-electron chi connectivity index (χ3n) is 4.74. The first kappa shape index (κ1) is 20.0. The summed E-state index contributed by atoms with van der Waals surface area (Å²) in [6.45, 7) is 1.97. The zero-order chi connectivity index (χ0) is 19.9. The molecule has 0 spiro atoms. The first-order valence-electron chi connectivity index (χ1n) is 9.42. The molecule has 0 saturated carbocycles. The minimum atomic E-state index is -0.226. The van der Waals surface area contributed by atoms with E-state index in [0.717, 1.165) is 42.9 Å². The fourth-order valence-electron chi connectivity index (χ4n) is 3.26. The highest BCUT2D eigenvalue weighted by Crippen LogP contribution is 2.31. The number of carbonyl (C=O) groups excluding carboxylic acids is 2. The highest BCUT2D eigenvalue weighted by atomic mass is 35.5. The maximum Gasteiger partial charge on any atom is 0.251 e. The summed E-state index contributed by atoms with van der Waals surface area (Å²) >= 11 is 6.14. The quantitative estimate of drug-likeness (QED) is 0.737. The number of benzene rings is 2. The molecule has 3 rings (SSSR count). The van der Waals surface area contributed by atoms with Crippen LogP contribution >= 0.6 is 11.6 Å². The van der Waals surface area contributed by atoms with Crippen LogP contribution in [0.25, 0.3) is 6.08 Å². The summed E-state index contributed by atoms with van der Waals surface area (Å²) < 4.78 is 0. The summed E-state index contributed by atoms with van der Waals surface area (Å²) in [6, 6.07) is 12.6. The molecule has 2 amide bonds. The number of hydrogen-bond acceptors (Lipinski definition) is 3. The van der Waals surface area contributed by atoms with Crippen molar-refractivity contribution in [2.45, 2.75) is 19.3 Å². The minimum Gasteiger partial charge on any atom is -0.370 e. The molecule has 28 heavy (non-hydrogen) atoms. The van der Waals surface area contributed by atoms with Gasteiger partial charge in [-0.3, -0.25) is 9.59 Å². The van der Waals surface area contributed by atoms with Crippen molar-refractivity contribution in [1.29, 1.82) is 0 Å². The van der Waals surface area contributed by atoms with Gasteiger partial charge in [0.1, 0.15) is 0 Å². The fourth-order valence-corrected chi connectivity index (χ4v) is 3.43. The third-order valence-corrected chi connectivity index (χ3v) is 4.98. The number of piperidine rings is 1. The number of rotatable bonds is 5. The van der Waals surface area contributed by atoms with E-state index in [1.807, 2.05) is 12.1 Å². The van der Waals surface area contributed by atoms with Gasteiger partial charge in [-0.2, -0.15) is 0 Å². The van der Waals surface area contributed by atoms with E-state index in [2.05, 4.69) is 15.5 Å². The van der Waals surface area contributed by atoms with Crippen molar-refractivity contribution in [3.63, 3.8) is 0 Å². The number of amides is 2. The fraction of sp³-hybridized carbons (Fsp3) is 0.273. The lowest BCUT2D eigenvalue weighted by atomic mass is 10.1. The minimum absolute atomic E-state index is 0.139. The lowest BCUT2D eigenvalue weighted by Gasteiger charge is -2.30. The van der Waals surface area contributed by atoms with Gasteiger partial charge >= 0.3 is 0 Å². The van der Waals surface area contributed by atoms with E-state index in [9.17, 15) is 9.59 Å². The molecule has 5 nitrogen and oxygen atoms in total. The summed E-state index contributed by atoms with van der Waals surface area (Å²) in [7, 11) is 1.59. The van der Waals surface area contributed by atoms with Gasteiger partial charge in [-0.1, -0.05) is 23.7 Å². The molecule has 0 unspecified atom stereocenters. The van der Waals surface area contributed by atoms with Gasteiger partial charge in [-0.15, -0.1) is 0 Å². The Kier molecular flexibility index (Phi) is 6.71. The first-order valence-corrected chi connectivity index (χ1v) is 9.80. The third kappa shape index (κ3) is 5.14. The Morgan fingerprint density at radius 1 is 1.04 bits per heavy atom. The summed E-state index contributed by atoms with van der Waals surface area (Å²) in [6.07, 6.45) is 6.75. The van der Waals surface area contributed by atoms with Crippen LogP contribution in [0.5, 0.6) is 0 Å². The molecular weight excluding hydrogens is 374 g/mol. The highest BCUT2D eigenvalue weighted by molar-refractivity contribution is 6.31. The maximum absolute atomic E-state index is 12.4. The van der Waals surface area contributed by atoms with Gasteiger partial charge in [0.15, 0.2) is 0 Å². The van der Waals surface area contributed by atoms with Crippen LogP contribution in [0.15, 0.2) is 48.5 Å². The van der Waals surface area contributed by atoms with Crippen LogP contribution in [0.3, 0.4) is 0 Å². The zero-order valence-corrected chi connectivity index (χ0v) is 16.6. The number of hydrogen-bond donors (Lipinski definition) is 2. The standard InChI is InChI=1S/C22H24ClN3O2/c1-24-22(28)17-8-5-16(6-9-17)7-12-21(27)25-19-15-18(23)10-11-20(19)26-13-3-2-4-14-26/h5-12,15H,2-4,13-14H2,1H3,(H,24,28)(H,25,27)/b12-7+. The average molecular weight is 398 g/mol. The van der Waals surface area contributed by atoms with Crippen molar-refractivity contribution in [1.82, 2.24) is 5.32 Å². The lowest BCUT2D eigenvalue weighted by molar-refractivity contribution is -0.111. The summed E-state index contributed by atoms with van der Waals surface area (Å²) in [5, 5.41) is 6.11. The molecule has 0 atom stereocenters. The molecule has 1 aliphatic heterocycles. The molecular formula is C22H24ClN3O2. The van der Waals surface area contributed by atoms with Crippen LogP contribution in [0.1, 0.15) is 35.2 Å². The Bertz CT molecular complexity index is 872. The SMILES string of the molecule is CNC(=O)c1ccc(/C=C/C(=O)Nc2cc(Cl)ccc2N2CCCCC2)cc1. The summed E-state index contributed by atoms with van der Waals surface area (Å²) in [5.74, 6) is -0.365. The van der Waals surface area contributed by atoms with E-state index < -0.39 is 0 Å². The molecule has 2 aromatic rings. The van der Waals surface area contributed by atoms with Gasteiger partial charge in [0, 0.05) is 36.8 Å². The summed E-state index contributed by atoms with van der Waals surface area (Å²) in [5.41, 5.74) is 3.14. The lowest BCUT2D eigenvalue weighted by Crippen LogP contribution is -2.30. The van der Waals surface area contributed by atoms with E-state index in [4.69, 9.17) is 11.6 Å². The largest absolute Gasteiger partial charge is 0.370 e. The highest BCUT2D eigenvalue weighted by Gasteiger charge is 2.15. The zero-order valence-electron chi connectivity index (χ0n) is 15.9. The molecule has 1 aliphatic rings. The number of halogens is 1. The van der Waals surface area contributed by atoms with Gasteiger partial charge < -0.3 is 15.5 Å². The van der Waals surface area contributed by atoms with Crippen molar-refractivity contribution in [3.05, 3.63) is 64.7 Å². The monoisotopic (exact) mass is 397 g/mol. The number of carbonyl (C=O) groups is 2. The van der Waals surface area contributed by atoms with Gasteiger partial charge in [-0.25, -0.2) is 0 Å². The normalized spacial score (nSPS) is 14.1. The van der Waals surface area contributed by atoms with Crippen LogP contribution < -0.4 is 15.5 Å². The van der Waals surface area contributed by atoms with E-state index >= 15 is 0 Å². The van der Waals surface area contributed by atoms with Gasteiger partial charge in [0.2, 0.25) is 5.91 Å². The Morgan fingerprint density at radius 3 is 2.43 bits per heavy atom. The predicted molar refractivity (Wildman–Crippen MR) is 115 cm³/mol. The van der Waals surface area contributed by atoms with Crippen LogP contribution in [-0.4, -0.2) is 32.0 Å². The molecule has 0 radical (unpaired) electrons. The van der Waals surface area contributed by atoms with Crippen molar-refractivity contribution in [2.75, 3.05) is 30.4 Å². The van der Waals surface area contributed by atoms with E-state index in [-0.39, 0.29) is 11.8 Å². The second kappa shape index (κ2) is 9.42. The molecule has 2 N–H and O–H groups in total. The molecule has 1 heterocycles. The Morgan fingerprint density at radius 2 is 1.75 bits per heavy atom. The number of nitrogens with one attached hydrogen (secondary N) is 2. The molecule has 0 aliphatic carbocycles. The molecule has 0 bridgehead atoms. The molecule has 1 saturated heterocycles. The number of nitrogens with zero attached hydrogens (tertiary/aromatic N) is 1. The van der Waals surface area contributed by atoms with Crippen LogP contribution in [0.4, 0.5) is 11.4 Å². The van der Waals surface area contributed by atoms with Crippen LogP contribution in [0.2, 0.25) is 5.02 Å². The molecule has 2 aromatic carbocycles. The average Bonchev–Trinajstić information content (AvgIpc) is 2.73. The smallest absolute Gasteiger partial charge is 0.251 e. The first-order chi connectivity index (χ1) is 13.6. The summed E-state index contributed by atoms with van der Waals surface area (Å²) in [4.78, 5) is 26.3. The van der Waals surface area contributed by atoms with E-state index in [0.29, 0.717) is 10.6 Å². The molecule has 6 heteroatoms. The van der Waals surface area contributed by atoms with Gasteiger partial charge in [0.25, 0.3) is 5.91 Å². The predicted octanol–water partition coefficient (Wildman–Crippen LogP) is 4.34. The number of anilines is 2. The molecule has 146 valence electrons. The Labute approximate surface area is 170 Å². The topological polar surface area (TPSA) is 61.4 Å². The molecule has 0 aromatic heterocycles. The second-order valence-corrected chi connectivity index (χ2v) is 7.17. The maximum atomic E-state index is 12.4. The Hall–Kier alpha value is -2.79.